The minimum Gasteiger partial charge on any atom is -0.395 e. The predicted octanol–water partition coefficient (Wildman–Crippen LogP) is 1.41. The normalized spacial score (nSPS) is 17.4. The third kappa shape index (κ3) is 6.17. The summed E-state index contributed by atoms with van der Waals surface area (Å²) in [6, 6.07) is 0. The van der Waals surface area contributed by atoms with Crippen molar-refractivity contribution in [2.75, 3.05) is 32.8 Å². The minimum absolute atomic E-state index is 0.0885. The fourth-order valence-corrected chi connectivity index (χ4v) is 2.28. The maximum atomic E-state index is 13.2. The van der Waals surface area contributed by atoms with Crippen LogP contribution in [0, 0.1) is 0 Å². The molecule has 0 aromatic heterocycles. The zero-order chi connectivity index (χ0) is 19.9. The Morgan fingerprint density at radius 3 is 2.42 bits per heavy atom. The molecule has 1 aliphatic heterocycles. The first-order chi connectivity index (χ1) is 12.1. The molecule has 1 saturated heterocycles. The fraction of sp³-hybridized carbons (Fsp3) is 0.500. The lowest BCUT2D eigenvalue weighted by atomic mass is 10.3. The summed E-state index contributed by atoms with van der Waals surface area (Å²) in [4.78, 5) is 26.2. The summed E-state index contributed by atoms with van der Waals surface area (Å²) >= 11 is 0. The van der Waals surface area contributed by atoms with E-state index in [1.165, 1.54) is 11.1 Å². The van der Waals surface area contributed by atoms with Crippen molar-refractivity contribution < 1.29 is 32.3 Å². The van der Waals surface area contributed by atoms with Crippen molar-refractivity contribution in [1.82, 2.24) is 14.7 Å². The third-order valence-electron chi connectivity index (χ3n) is 3.67. The summed E-state index contributed by atoms with van der Waals surface area (Å²) in [6.07, 6.45) is -3.11. The van der Waals surface area contributed by atoms with E-state index >= 15 is 0 Å². The molecule has 0 aromatic carbocycles. The highest BCUT2D eigenvalue weighted by atomic mass is 19.4. The van der Waals surface area contributed by atoms with Gasteiger partial charge in [0, 0.05) is 25.0 Å². The molecule has 1 heterocycles. The summed E-state index contributed by atoms with van der Waals surface area (Å²) in [5, 5.41) is 8.90. The molecule has 1 rings (SSSR count). The molecule has 0 saturated carbocycles. The van der Waals surface area contributed by atoms with Crippen molar-refractivity contribution in [2.24, 2.45) is 0 Å². The first-order valence-corrected chi connectivity index (χ1v) is 7.77. The molecular weight excluding hydrogens is 358 g/mol. The second kappa shape index (κ2) is 9.37. The Morgan fingerprint density at radius 1 is 1.31 bits per heavy atom. The highest BCUT2D eigenvalue weighted by molar-refractivity contribution is 5.88. The second-order valence-corrected chi connectivity index (χ2v) is 5.56. The SMILES string of the molecule is C=CN(CCO)C(=C)/C=C\N(CC(=O)N1CCC(F)C1)C(=O)C(F)(F)F. The highest BCUT2D eigenvalue weighted by Gasteiger charge is 2.43. The van der Waals surface area contributed by atoms with Gasteiger partial charge in [-0.15, -0.1) is 0 Å². The molecule has 26 heavy (non-hydrogen) atoms. The van der Waals surface area contributed by atoms with Crippen LogP contribution in [0.4, 0.5) is 17.6 Å². The van der Waals surface area contributed by atoms with Gasteiger partial charge in [0.1, 0.15) is 12.7 Å². The van der Waals surface area contributed by atoms with Crippen molar-refractivity contribution in [3.05, 3.63) is 37.3 Å². The van der Waals surface area contributed by atoms with E-state index in [9.17, 15) is 27.2 Å². The van der Waals surface area contributed by atoms with E-state index in [1.807, 2.05) is 0 Å². The number of amides is 2. The molecule has 146 valence electrons. The van der Waals surface area contributed by atoms with Crippen LogP contribution in [0.1, 0.15) is 6.42 Å². The molecule has 0 bridgehead atoms. The summed E-state index contributed by atoms with van der Waals surface area (Å²) in [6.45, 7) is 5.94. The number of alkyl halides is 4. The van der Waals surface area contributed by atoms with Gasteiger partial charge in [0.05, 0.1) is 13.2 Å². The molecule has 0 radical (unpaired) electrons. The lowest BCUT2D eigenvalue weighted by molar-refractivity contribution is -0.183. The number of carbonyl (C=O) groups excluding carboxylic acids is 2. The standard InChI is InChI=1S/C16H21F4N3O3/c1-3-21(8-9-24)12(2)4-6-23(15(26)16(18,19)20)11-14(25)22-7-5-13(17)10-22/h3-4,6,13,24H,1-2,5,7-11H2/b6-4-. The summed E-state index contributed by atoms with van der Waals surface area (Å²) in [7, 11) is 0. The number of aliphatic hydroxyl groups is 1. The maximum Gasteiger partial charge on any atom is 0.471 e. The Balaban J connectivity index is 2.89. The van der Waals surface area contributed by atoms with E-state index in [1.54, 1.807) is 0 Å². The van der Waals surface area contributed by atoms with Crippen LogP contribution in [0.25, 0.3) is 0 Å². The van der Waals surface area contributed by atoms with Crippen LogP contribution in [0.2, 0.25) is 0 Å². The van der Waals surface area contributed by atoms with Gasteiger partial charge in [-0.3, -0.25) is 9.59 Å². The van der Waals surface area contributed by atoms with Gasteiger partial charge in [-0.2, -0.15) is 13.2 Å². The van der Waals surface area contributed by atoms with E-state index in [0.29, 0.717) is 0 Å². The molecule has 2 amide bonds. The van der Waals surface area contributed by atoms with Gasteiger partial charge in [0.15, 0.2) is 0 Å². The predicted molar refractivity (Wildman–Crippen MR) is 86.1 cm³/mol. The largest absolute Gasteiger partial charge is 0.471 e. The van der Waals surface area contributed by atoms with Gasteiger partial charge >= 0.3 is 12.1 Å². The Labute approximate surface area is 148 Å². The molecule has 1 fully saturated rings. The molecule has 6 nitrogen and oxygen atoms in total. The van der Waals surface area contributed by atoms with Crippen LogP contribution in [0.5, 0.6) is 0 Å². The molecule has 1 unspecified atom stereocenters. The first-order valence-electron chi connectivity index (χ1n) is 7.77. The van der Waals surface area contributed by atoms with E-state index in [-0.39, 0.29) is 43.3 Å². The van der Waals surface area contributed by atoms with Crippen LogP contribution in [0.15, 0.2) is 37.3 Å². The van der Waals surface area contributed by atoms with Gasteiger partial charge < -0.3 is 19.8 Å². The number of hydrogen-bond donors (Lipinski definition) is 1. The van der Waals surface area contributed by atoms with Crippen molar-refractivity contribution in [2.45, 2.75) is 18.8 Å². The molecule has 1 aliphatic rings. The smallest absolute Gasteiger partial charge is 0.395 e. The van der Waals surface area contributed by atoms with Crippen molar-refractivity contribution in [3.8, 4) is 0 Å². The van der Waals surface area contributed by atoms with Gasteiger partial charge in [-0.05, 0) is 18.7 Å². The quantitative estimate of drug-likeness (QED) is 0.512. The fourth-order valence-electron chi connectivity index (χ4n) is 2.28. The number of likely N-dealkylation sites (tertiary alicyclic amines) is 1. The molecule has 0 spiro atoms. The van der Waals surface area contributed by atoms with Crippen LogP contribution in [-0.2, 0) is 9.59 Å². The zero-order valence-corrected chi connectivity index (χ0v) is 14.1. The number of hydrogen-bond acceptors (Lipinski definition) is 4. The number of carbonyl (C=O) groups is 2. The molecule has 0 aromatic rings. The van der Waals surface area contributed by atoms with Crippen molar-refractivity contribution >= 4 is 11.8 Å². The molecule has 10 heteroatoms. The molecule has 0 aliphatic carbocycles. The number of nitrogens with zero attached hydrogens (tertiary/aromatic N) is 3. The van der Waals surface area contributed by atoms with E-state index in [0.717, 1.165) is 17.2 Å². The van der Waals surface area contributed by atoms with Crippen LogP contribution < -0.4 is 0 Å². The molecular formula is C16H21F4N3O3. The number of allylic oxidation sites excluding steroid dienone is 1. The Morgan fingerprint density at radius 2 is 1.96 bits per heavy atom. The zero-order valence-electron chi connectivity index (χ0n) is 14.1. The van der Waals surface area contributed by atoms with Crippen LogP contribution in [0.3, 0.4) is 0 Å². The number of rotatable bonds is 8. The first kappa shape index (κ1) is 21.7. The Bertz CT molecular complexity index is 578. The van der Waals surface area contributed by atoms with E-state index in [2.05, 4.69) is 13.2 Å². The molecule has 1 N–H and O–H groups in total. The average Bonchev–Trinajstić information content (AvgIpc) is 3.01. The number of halogens is 4. The number of aliphatic hydroxyl groups excluding tert-OH is 1. The van der Waals surface area contributed by atoms with Gasteiger partial charge in [-0.1, -0.05) is 13.2 Å². The van der Waals surface area contributed by atoms with Crippen molar-refractivity contribution in [1.29, 1.82) is 0 Å². The van der Waals surface area contributed by atoms with Gasteiger partial charge in [0.2, 0.25) is 5.91 Å². The Kier molecular flexibility index (Phi) is 7.81. The summed E-state index contributed by atoms with van der Waals surface area (Å²) < 4.78 is 51.5. The maximum absolute atomic E-state index is 13.2. The van der Waals surface area contributed by atoms with Gasteiger partial charge in [-0.25, -0.2) is 4.39 Å². The summed E-state index contributed by atoms with van der Waals surface area (Å²) in [5.74, 6) is -3.01. The van der Waals surface area contributed by atoms with Crippen LogP contribution in [-0.4, -0.2) is 76.8 Å². The van der Waals surface area contributed by atoms with E-state index < -0.39 is 30.7 Å². The lowest BCUT2D eigenvalue weighted by Crippen LogP contribution is -2.44. The minimum atomic E-state index is -5.18. The lowest BCUT2D eigenvalue weighted by Gasteiger charge is -2.24. The topological polar surface area (TPSA) is 64.1 Å². The highest BCUT2D eigenvalue weighted by Crippen LogP contribution is 2.20. The summed E-state index contributed by atoms with van der Waals surface area (Å²) in [5.41, 5.74) is 0.159. The monoisotopic (exact) mass is 379 g/mol. The molecule has 1 atom stereocenters. The Hall–Kier alpha value is -2.36. The van der Waals surface area contributed by atoms with Crippen LogP contribution >= 0.6 is 0 Å². The average molecular weight is 379 g/mol. The van der Waals surface area contributed by atoms with Gasteiger partial charge in [0.25, 0.3) is 0 Å². The van der Waals surface area contributed by atoms with Crippen molar-refractivity contribution in [3.63, 3.8) is 0 Å². The van der Waals surface area contributed by atoms with E-state index in [4.69, 9.17) is 5.11 Å². The second-order valence-electron chi connectivity index (χ2n) is 5.56. The third-order valence-corrected chi connectivity index (χ3v) is 3.67.